The van der Waals surface area contributed by atoms with Crippen molar-refractivity contribution in [2.45, 2.75) is 12.8 Å². The molecular weight excluding hydrogens is 316 g/mol. The minimum atomic E-state index is -0.0291. The number of nitrogens with zero attached hydrogens (tertiary/aromatic N) is 6. The molecule has 3 aromatic heterocycles. The number of pyridine rings is 1. The first kappa shape index (κ1) is 15.3. The fraction of sp³-hybridized carbons (Fsp3) is 0.222. The van der Waals surface area contributed by atoms with E-state index in [1.165, 1.54) is 12.4 Å². The number of carbonyl (C=O) groups excluding carboxylic acids is 1. The molecule has 1 aliphatic rings. The molecule has 124 valence electrons. The summed E-state index contributed by atoms with van der Waals surface area (Å²) >= 11 is 0. The van der Waals surface area contributed by atoms with Crippen LogP contribution in [0.2, 0.25) is 0 Å². The lowest BCUT2D eigenvalue weighted by Gasteiger charge is -2.19. The van der Waals surface area contributed by atoms with Crippen molar-refractivity contribution in [2.24, 2.45) is 0 Å². The SMILES string of the molecule is O=C(c1ccnnc1)N1CCc2ncnc(-c3cccnc3)c2CC1. The van der Waals surface area contributed by atoms with Gasteiger partial charge in [0.25, 0.3) is 5.91 Å². The van der Waals surface area contributed by atoms with E-state index in [4.69, 9.17) is 0 Å². The van der Waals surface area contributed by atoms with Crippen molar-refractivity contribution in [1.29, 1.82) is 0 Å². The maximum atomic E-state index is 12.7. The fourth-order valence-electron chi connectivity index (χ4n) is 3.08. The van der Waals surface area contributed by atoms with E-state index < -0.39 is 0 Å². The molecule has 0 fully saturated rings. The molecule has 0 aliphatic carbocycles. The molecule has 3 aromatic rings. The fourth-order valence-corrected chi connectivity index (χ4v) is 3.08. The number of carbonyl (C=O) groups is 1. The van der Waals surface area contributed by atoms with Gasteiger partial charge in [-0.25, -0.2) is 9.97 Å². The van der Waals surface area contributed by atoms with Gasteiger partial charge in [0, 0.05) is 48.7 Å². The van der Waals surface area contributed by atoms with Crippen LogP contribution in [0, 0.1) is 0 Å². The molecule has 0 aromatic carbocycles. The molecule has 25 heavy (non-hydrogen) atoms. The lowest BCUT2D eigenvalue weighted by molar-refractivity contribution is 0.0762. The van der Waals surface area contributed by atoms with Crippen molar-refractivity contribution in [2.75, 3.05) is 13.1 Å². The lowest BCUT2D eigenvalue weighted by atomic mass is 10.0. The van der Waals surface area contributed by atoms with E-state index in [9.17, 15) is 4.79 Å². The van der Waals surface area contributed by atoms with E-state index in [1.54, 1.807) is 24.8 Å². The van der Waals surface area contributed by atoms with E-state index >= 15 is 0 Å². The number of hydrogen-bond donors (Lipinski definition) is 0. The first-order chi connectivity index (χ1) is 12.3. The minimum absolute atomic E-state index is 0.0291. The Hall–Kier alpha value is -3.22. The van der Waals surface area contributed by atoms with Crippen molar-refractivity contribution < 1.29 is 4.79 Å². The molecule has 7 nitrogen and oxygen atoms in total. The molecule has 7 heteroatoms. The van der Waals surface area contributed by atoms with Crippen LogP contribution >= 0.6 is 0 Å². The van der Waals surface area contributed by atoms with E-state index in [2.05, 4.69) is 25.1 Å². The van der Waals surface area contributed by atoms with E-state index in [1.807, 2.05) is 17.0 Å². The largest absolute Gasteiger partial charge is 0.338 e. The molecule has 0 radical (unpaired) electrons. The van der Waals surface area contributed by atoms with Gasteiger partial charge in [-0.1, -0.05) is 0 Å². The van der Waals surface area contributed by atoms with Crippen LogP contribution in [0.1, 0.15) is 21.6 Å². The Balaban J connectivity index is 1.61. The summed E-state index contributed by atoms with van der Waals surface area (Å²) in [4.78, 5) is 27.6. The van der Waals surface area contributed by atoms with E-state index in [0.29, 0.717) is 31.5 Å². The first-order valence-corrected chi connectivity index (χ1v) is 8.12. The topological polar surface area (TPSA) is 84.8 Å². The smallest absolute Gasteiger partial charge is 0.255 e. The minimum Gasteiger partial charge on any atom is -0.338 e. The van der Waals surface area contributed by atoms with Gasteiger partial charge in [-0.15, -0.1) is 0 Å². The zero-order valence-electron chi connectivity index (χ0n) is 13.5. The van der Waals surface area contributed by atoms with Gasteiger partial charge in [-0.05, 0) is 24.6 Å². The molecule has 0 N–H and O–H groups in total. The Bertz CT molecular complexity index is 885. The normalized spacial score (nSPS) is 13.8. The Morgan fingerprint density at radius 3 is 2.72 bits per heavy atom. The summed E-state index contributed by atoms with van der Waals surface area (Å²) in [5.74, 6) is -0.0291. The number of fused-ring (bicyclic) bond motifs is 1. The summed E-state index contributed by atoms with van der Waals surface area (Å²) in [5.41, 5.74) is 4.52. The Morgan fingerprint density at radius 2 is 1.92 bits per heavy atom. The van der Waals surface area contributed by atoms with Gasteiger partial charge in [0.15, 0.2) is 0 Å². The highest BCUT2D eigenvalue weighted by molar-refractivity contribution is 5.93. The lowest BCUT2D eigenvalue weighted by Crippen LogP contribution is -2.33. The summed E-state index contributed by atoms with van der Waals surface area (Å²) in [6.45, 7) is 1.24. The third kappa shape index (κ3) is 3.08. The van der Waals surface area contributed by atoms with Gasteiger partial charge in [-0.2, -0.15) is 10.2 Å². The van der Waals surface area contributed by atoms with Crippen LogP contribution in [0.4, 0.5) is 0 Å². The van der Waals surface area contributed by atoms with E-state index in [0.717, 1.165) is 22.5 Å². The summed E-state index contributed by atoms with van der Waals surface area (Å²) in [6.07, 6.45) is 9.59. The van der Waals surface area contributed by atoms with Gasteiger partial charge >= 0.3 is 0 Å². The van der Waals surface area contributed by atoms with Crippen molar-refractivity contribution >= 4 is 5.91 Å². The molecule has 0 bridgehead atoms. The van der Waals surface area contributed by atoms with E-state index in [-0.39, 0.29) is 5.91 Å². The van der Waals surface area contributed by atoms with Gasteiger partial charge in [0.05, 0.1) is 23.7 Å². The second-order valence-corrected chi connectivity index (χ2v) is 5.81. The van der Waals surface area contributed by atoms with Crippen LogP contribution in [0.5, 0.6) is 0 Å². The first-order valence-electron chi connectivity index (χ1n) is 8.12. The van der Waals surface area contributed by atoms with Crippen molar-refractivity contribution in [3.8, 4) is 11.3 Å². The van der Waals surface area contributed by atoms with Crippen molar-refractivity contribution in [3.05, 3.63) is 66.1 Å². The average molecular weight is 332 g/mol. The molecule has 0 unspecified atom stereocenters. The van der Waals surface area contributed by atoms with Gasteiger partial charge in [0.2, 0.25) is 0 Å². The summed E-state index contributed by atoms with van der Waals surface area (Å²) in [7, 11) is 0. The van der Waals surface area contributed by atoms with Crippen LogP contribution in [0.3, 0.4) is 0 Å². The highest BCUT2D eigenvalue weighted by Gasteiger charge is 2.23. The number of hydrogen-bond acceptors (Lipinski definition) is 6. The van der Waals surface area contributed by atoms with Crippen molar-refractivity contribution in [3.63, 3.8) is 0 Å². The molecule has 1 aliphatic heterocycles. The maximum absolute atomic E-state index is 12.7. The summed E-state index contributed by atoms with van der Waals surface area (Å²) in [6, 6.07) is 5.58. The Morgan fingerprint density at radius 1 is 1.00 bits per heavy atom. The number of rotatable bonds is 2. The third-order valence-electron chi connectivity index (χ3n) is 4.34. The predicted molar refractivity (Wildman–Crippen MR) is 90.6 cm³/mol. The molecule has 1 amide bonds. The third-order valence-corrected chi connectivity index (χ3v) is 4.34. The zero-order chi connectivity index (χ0) is 17.1. The molecule has 0 saturated carbocycles. The molecule has 0 saturated heterocycles. The standard InChI is InChI=1S/C18H16N6O/c25-18(14-3-7-22-23-11-14)24-8-4-15-16(5-9-24)20-12-21-17(15)13-2-1-6-19-10-13/h1-3,6-7,10-12H,4-5,8-9H2. The van der Waals surface area contributed by atoms with Crippen LogP contribution in [0.25, 0.3) is 11.3 Å². The summed E-state index contributed by atoms with van der Waals surface area (Å²) in [5, 5.41) is 7.51. The molecule has 4 rings (SSSR count). The second-order valence-electron chi connectivity index (χ2n) is 5.81. The van der Waals surface area contributed by atoms with Crippen LogP contribution in [-0.2, 0) is 12.8 Å². The van der Waals surface area contributed by atoms with Gasteiger partial charge in [-0.3, -0.25) is 9.78 Å². The number of amides is 1. The van der Waals surface area contributed by atoms with Gasteiger partial charge < -0.3 is 4.90 Å². The van der Waals surface area contributed by atoms with Gasteiger partial charge in [0.1, 0.15) is 6.33 Å². The highest BCUT2D eigenvalue weighted by atomic mass is 16.2. The monoisotopic (exact) mass is 332 g/mol. The maximum Gasteiger partial charge on any atom is 0.255 e. The zero-order valence-corrected chi connectivity index (χ0v) is 13.5. The Kier molecular flexibility index (Phi) is 4.12. The molecule has 0 atom stereocenters. The van der Waals surface area contributed by atoms with Crippen LogP contribution in [0.15, 0.2) is 49.3 Å². The van der Waals surface area contributed by atoms with Crippen LogP contribution < -0.4 is 0 Å². The highest BCUT2D eigenvalue weighted by Crippen LogP contribution is 2.25. The quantitative estimate of drug-likeness (QED) is 0.708. The summed E-state index contributed by atoms with van der Waals surface area (Å²) < 4.78 is 0. The second kappa shape index (κ2) is 6.72. The molecular formula is C18H16N6O. The van der Waals surface area contributed by atoms with Crippen molar-refractivity contribution in [1.82, 2.24) is 30.0 Å². The average Bonchev–Trinajstić information content (AvgIpc) is 2.91. The molecule has 0 spiro atoms. The number of aromatic nitrogens is 5. The Labute approximate surface area is 144 Å². The molecule has 4 heterocycles. The van der Waals surface area contributed by atoms with Crippen LogP contribution in [-0.4, -0.2) is 49.0 Å². The predicted octanol–water partition coefficient (Wildman–Crippen LogP) is 1.57.